The second-order valence-electron chi connectivity index (χ2n) is 3.92. The molecular weight excluding hydrogens is 292 g/mol. The minimum Gasteiger partial charge on any atom is -0.289 e. The fourth-order valence-electron chi connectivity index (χ4n) is 1.43. The number of carbonyl (C=O) groups is 1. The molecule has 0 unspecified atom stereocenters. The van der Waals surface area contributed by atoms with E-state index in [1.807, 2.05) is 66.7 Å². The second kappa shape index (κ2) is 8.11. The molecule has 2 rings (SSSR count). The maximum absolute atomic E-state index is 11.7. The van der Waals surface area contributed by atoms with Crippen LogP contribution in [0.1, 0.15) is 15.9 Å². The topological polar surface area (TPSA) is 91.7 Å². The molecule has 0 spiro atoms. The van der Waals surface area contributed by atoms with Crippen molar-refractivity contribution in [3.63, 3.8) is 0 Å². The summed E-state index contributed by atoms with van der Waals surface area (Å²) in [5, 5.41) is 0. The van der Waals surface area contributed by atoms with Crippen LogP contribution in [-0.4, -0.2) is 23.3 Å². The van der Waals surface area contributed by atoms with Gasteiger partial charge in [-0.1, -0.05) is 66.7 Å². The van der Waals surface area contributed by atoms with Crippen molar-refractivity contribution < 1.29 is 22.3 Å². The fraction of sp³-hybridized carbons (Fsp3) is 0. The monoisotopic (exact) mass is 306 g/mol. The normalized spacial score (nSPS) is 10.8. The van der Waals surface area contributed by atoms with Gasteiger partial charge in [0.1, 0.15) is 0 Å². The molecule has 6 heteroatoms. The van der Waals surface area contributed by atoms with Crippen LogP contribution in [0.25, 0.3) is 6.08 Å². The summed E-state index contributed by atoms with van der Waals surface area (Å²) in [6, 6.07) is 19.1. The number of hydrogen-bond donors (Lipinski definition) is 2. The second-order valence-corrected chi connectivity index (χ2v) is 4.82. The fourth-order valence-corrected chi connectivity index (χ4v) is 1.43. The molecule has 0 radical (unpaired) electrons. The quantitative estimate of drug-likeness (QED) is 0.517. The van der Waals surface area contributed by atoms with E-state index in [1.54, 1.807) is 6.08 Å². The van der Waals surface area contributed by atoms with Crippen molar-refractivity contribution in [2.24, 2.45) is 0 Å². The molecule has 0 aliphatic carbocycles. The van der Waals surface area contributed by atoms with Crippen LogP contribution in [0.15, 0.2) is 66.7 Å². The van der Waals surface area contributed by atoms with E-state index in [1.165, 1.54) is 0 Å². The number of rotatable bonds is 3. The lowest BCUT2D eigenvalue weighted by molar-refractivity contribution is 0.104. The van der Waals surface area contributed by atoms with Gasteiger partial charge in [0.05, 0.1) is 0 Å². The molecular formula is C15H14O5S. The number of benzene rings is 2. The minimum absolute atomic E-state index is 0.0319. The van der Waals surface area contributed by atoms with Crippen LogP contribution >= 0.6 is 0 Å². The molecule has 0 bridgehead atoms. The van der Waals surface area contributed by atoms with Crippen molar-refractivity contribution in [2.75, 3.05) is 0 Å². The first-order chi connectivity index (χ1) is 9.86. The molecule has 21 heavy (non-hydrogen) atoms. The Morgan fingerprint density at radius 3 is 1.76 bits per heavy atom. The van der Waals surface area contributed by atoms with Crippen LogP contribution in [-0.2, 0) is 10.4 Å². The molecule has 0 aliphatic heterocycles. The van der Waals surface area contributed by atoms with Crippen molar-refractivity contribution in [3.05, 3.63) is 77.9 Å². The summed E-state index contributed by atoms with van der Waals surface area (Å²) >= 11 is 0. The van der Waals surface area contributed by atoms with Gasteiger partial charge in [-0.2, -0.15) is 8.42 Å². The Bertz CT molecular complexity index is 683. The highest BCUT2D eigenvalue weighted by molar-refractivity contribution is 7.79. The van der Waals surface area contributed by atoms with Gasteiger partial charge in [-0.25, -0.2) is 0 Å². The molecule has 0 aliphatic rings. The summed E-state index contributed by atoms with van der Waals surface area (Å²) in [6.07, 6.45) is 3.43. The Morgan fingerprint density at radius 2 is 1.29 bits per heavy atom. The summed E-state index contributed by atoms with van der Waals surface area (Å²) in [5.74, 6) is 0.0319. The molecule has 2 aromatic rings. The standard InChI is InChI=1S/C15H12O.H2O4S/c16-15(14-9-5-2-6-10-14)12-11-13-7-3-1-4-8-13;1-5(2,3)4/h1-12H;(H2,1,2,3,4). The lowest BCUT2D eigenvalue weighted by atomic mass is 10.1. The van der Waals surface area contributed by atoms with Gasteiger partial charge in [0.25, 0.3) is 0 Å². The molecule has 110 valence electrons. The van der Waals surface area contributed by atoms with Gasteiger partial charge in [-0.3, -0.25) is 13.9 Å². The number of ketones is 1. The summed E-state index contributed by atoms with van der Waals surface area (Å²) in [4.78, 5) is 11.7. The molecule has 2 aromatic carbocycles. The lowest BCUT2D eigenvalue weighted by Crippen LogP contribution is -1.92. The van der Waals surface area contributed by atoms with Gasteiger partial charge >= 0.3 is 10.4 Å². The zero-order valence-electron chi connectivity index (χ0n) is 11.0. The van der Waals surface area contributed by atoms with E-state index in [-0.39, 0.29) is 5.78 Å². The zero-order valence-corrected chi connectivity index (χ0v) is 11.8. The molecule has 0 atom stereocenters. The first-order valence-electron chi connectivity index (χ1n) is 5.88. The van der Waals surface area contributed by atoms with E-state index in [0.29, 0.717) is 0 Å². The van der Waals surface area contributed by atoms with Crippen molar-refractivity contribution in [1.29, 1.82) is 0 Å². The van der Waals surface area contributed by atoms with Crippen LogP contribution in [0, 0.1) is 0 Å². The van der Waals surface area contributed by atoms with Crippen molar-refractivity contribution in [2.45, 2.75) is 0 Å². The molecule has 0 saturated heterocycles. The van der Waals surface area contributed by atoms with Gasteiger partial charge in [0.2, 0.25) is 0 Å². The Morgan fingerprint density at radius 1 is 0.857 bits per heavy atom. The number of carbonyl (C=O) groups excluding carboxylic acids is 1. The van der Waals surface area contributed by atoms with Gasteiger partial charge in [-0.05, 0) is 11.6 Å². The van der Waals surface area contributed by atoms with E-state index in [9.17, 15) is 4.79 Å². The first-order valence-corrected chi connectivity index (χ1v) is 7.28. The number of allylic oxidation sites excluding steroid dienone is 1. The molecule has 0 heterocycles. The highest BCUT2D eigenvalue weighted by Crippen LogP contribution is 2.05. The molecule has 0 amide bonds. The van der Waals surface area contributed by atoms with Crippen LogP contribution in [0.5, 0.6) is 0 Å². The highest BCUT2D eigenvalue weighted by Gasteiger charge is 1.98. The predicted octanol–water partition coefficient (Wildman–Crippen LogP) is 2.93. The van der Waals surface area contributed by atoms with E-state index < -0.39 is 10.4 Å². The Balaban J connectivity index is 0.000000383. The molecule has 2 N–H and O–H groups in total. The van der Waals surface area contributed by atoms with Crippen molar-refractivity contribution >= 4 is 22.3 Å². The van der Waals surface area contributed by atoms with Crippen molar-refractivity contribution in [3.8, 4) is 0 Å². The Hall–Kier alpha value is -2.28. The largest absolute Gasteiger partial charge is 0.394 e. The van der Waals surface area contributed by atoms with E-state index in [4.69, 9.17) is 17.5 Å². The lowest BCUT2D eigenvalue weighted by Gasteiger charge is -1.94. The van der Waals surface area contributed by atoms with Gasteiger partial charge in [0.15, 0.2) is 5.78 Å². The SMILES string of the molecule is O=C(C=Cc1ccccc1)c1ccccc1.O=S(=O)(O)O. The van der Waals surface area contributed by atoms with E-state index in [0.717, 1.165) is 11.1 Å². The maximum Gasteiger partial charge on any atom is 0.394 e. The van der Waals surface area contributed by atoms with Gasteiger partial charge in [-0.15, -0.1) is 0 Å². The first kappa shape index (κ1) is 16.8. The Labute approximate surface area is 123 Å². The van der Waals surface area contributed by atoms with Crippen LogP contribution in [0.2, 0.25) is 0 Å². The molecule has 0 fully saturated rings. The average molecular weight is 306 g/mol. The van der Waals surface area contributed by atoms with Crippen LogP contribution in [0.3, 0.4) is 0 Å². The maximum atomic E-state index is 11.7. The average Bonchev–Trinajstić information content (AvgIpc) is 2.45. The number of hydrogen-bond acceptors (Lipinski definition) is 3. The summed E-state index contributed by atoms with van der Waals surface area (Å²) in [6.45, 7) is 0. The summed E-state index contributed by atoms with van der Waals surface area (Å²) < 4.78 is 31.6. The van der Waals surface area contributed by atoms with E-state index >= 15 is 0 Å². The molecule has 0 saturated carbocycles. The molecule has 0 aromatic heterocycles. The zero-order chi connectivity index (χ0) is 15.7. The predicted molar refractivity (Wildman–Crippen MR) is 80.4 cm³/mol. The van der Waals surface area contributed by atoms with Crippen LogP contribution < -0.4 is 0 Å². The van der Waals surface area contributed by atoms with Crippen molar-refractivity contribution in [1.82, 2.24) is 0 Å². The smallest absolute Gasteiger partial charge is 0.289 e. The summed E-state index contributed by atoms with van der Waals surface area (Å²) in [5.41, 5.74) is 1.75. The van der Waals surface area contributed by atoms with Gasteiger partial charge in [0, 0.05) is 5.56 Å². The van der Waals surface area contributed by atoms with E-state index in [2.05, 4.69) is 0 Å². The third-order valence-electron chi connectivity index (χ3n) is 2.29. The highest BCUT2D eigenvalue weighted by atomic mass is 32.3. The third kappa shape index (κ3) is 8.48. The van der Waals surface area contributed by atoms with Crippen LogP contribution in [0.4, 0.5) is 0 Å². The van der Waals surface area contributed by atoms with Gasteiger partial charge < -0.3 is 0 Å². The molecule has 5 nitrogen and oxygen atoms in total. The summed E-state index contributed by atoms with van der Waals surface area (Å²) in [7, 11) is -4.67. The Kier molecular flexibility index (Phi) is 6.48. The third-order valence-corrected chi connectivity index (χ3v) is 2.29. The minimum atomic E-state index is -4.67.